The molecule has 0 amide bonds. The molecule has 4 aliphatic heterocycles. The van der Waals surface area contributed by atoms with Crippen molar-refractivity contribution in [2.75, 3.05) is 52.5 Å². The summed E-state index contributed by atoms with van der Waals surface area (Å²) in [7, 11) is -8.83. The van der Waals surface area contributed by atoms with Gasteiger partial charge in [-0.3, -0.25) is 10.2 Å². The Labute approximate surface area is 271 Å². The predicted octanol–water partition coefficient (Wildman–Crippen LogP) is 7.51. The zero-order chi connectivity index (χ0) is 32.0. The minimum atomic E-state index is -3.47. The number of nitrogens with one attached hydrogen (secondary N) is 2. The third-order valence-corrected chi connectivity index (χ3v) is 18.3. The number of rotatable bonds is 10. The third kappa shape index (κ3) is 7.31. The molecule has 2 saturated heterocycles. The van der Waals surface area contributed by atoms with Gasteiger partial charge in [0.05, 0.1) is 24.3 Å². The zero-order valence-corrected chi connectivity index (χ0v) is 29.2. The van der Waals surface area contributed by atoms with Crippen molar-refractivity contribution in [3.63, 3.8) is 0 Å². The van der Waals surface area contributed by atoms with Crippen LogP contribution in [0.3, 0.4) is 0 Å². The number of carbonyl (C=O) groups excluding carboxylic acids is 2. The molecule has 2 atom stereocenters. The lowest BCUT2D eigenvalue weighted by molar-refractivity contribution is 0.0496. The number of hydrogen-bond acceptors (Lipinski definition) is 13. The number of benzene rings is 2. The summed E-state index contributed by atoms with van der Waals surface area (Å²) < 4.78 is 45.6. The highest BCUT2D eigenvalue weighted by molar-refractivity contribution is 7.82. The number of ether oxygens (including phenoxy) is 2. The first-order valence-electron chi connectivity index (χ1n) is 16.2. The van der Waals surface area contributed by atoms with Crippen LogP contribution in [0.25, 0.3) is 0 Å². The SMILES string of the molecule is CCCOC(=O)c1ccc(OP2(Oc3ccc(C(=O)OCCC)cc3)=N[P@@]34=N[P@]5(=N2)NCCCN5CCCCN3CCCN4)cc1. The highest BCUT2D eigenvalue weighted by Gasteiger charge is 2.48. The molecule has 4 heterocycles. The lowest BCUT2D eigenvalue weighted by atomic mass is 10.2. The summed E-state index contributed by atoms with van der Waals surface area (Å²) in [5, 5.41) is 7.51. The van der Waals surface area contributed by atoms with E-state index < -0.39 is 22.7 Å². The van der Waals surface area contributed by atoms with Crippen LogP contribution >= 0.6 is 22.7 Å². The minimum Gasteiger partial charge on any atom is -0.462 e. The van der Waals surface area contributed by atoms with E-state index in [0.29, 0.717) is 35.8 Å². The van der Waals surface area contributed by atoms with Crippen molar-refractivity contribution in [2.24, 2.45) is 13.5 Å². The highest BCUT2D eigenvalue weighted by atomic mass is 31.3. The smallest absolute Gasteiger partial charge is 0.454 e. The molecule has 46 heavy (non-hydrogen) atoms. The molecule has 2 N–H and O–H groups in total. The Morgan fingerprint density at radius 1 is 0.652 bits per heavy atom. The van der Waals surface area contributed by atoms with Crippen molar-refractivity contribution in [3.8, 4) is 11.5 Å². The molecule has 4 aliphatic rings. The van der Waals surface area contributed by atoms with Crippen LogP contribution in [0.2, 0.25) is 0 Å². The van der Waals surface area contributed by atoms with Gasteiger partial charge in [-0.25, -0.2) is 18.9 Å². The summed E-state index contributed by atoms with van der Waals surface area (Å²) in [6.07, 6.45) is 5.60. The van der Waals surface area contributed by atoms with E-state index in [4.69, 9.17) is 32.1 Å². The summed E-state index contributed by atoms with van der Waals surface area (Å²) in [5.41, 5.74) is 0.873. The average Bonchev–Trinajstić information content (AvgIpc) is 3.11. The topological polar surface area (TPSA) is 139 Å². The van der Waals surface area contributed by atoms with Crippen LogP contribution in [0, 0.1) is 0 Å². The van der Waals surface area contributed by atoms with Gasteiger partial charge < -0.3 is 18.5 Å². The average molecular weight is 692 g/mol. The molecular formula is C30H44N7O6P3. The van der Waals surface area contributed by atoms with Gasteiger partial charge in [0.15, 0.2) is 0 Å². The number of hydrogen-bond donors (Lipinski definition) is 2. The fourth-order valence-electron chi connectivity index (χ4n) is 5.67. The first-order valence-corrected chi connectivity index (χ1v) is 21.1. The molecule has 0 aromatic heterocycles. The third-order valence-electron chi connectivity index (χ3n) is 7.93. The van der Waals surface area contributed by atoms with E-state index in [1.165, 1.54) is 0 Å². The number of nitrogens with zero attached hydrogens (tertiary/aromatic N) is 5. The van der Waals surface area contributed by atoms with Crippen LogP contribution in [-0.4, -0.2) is 73.8 Å². The molecule has 2 aromatic rings. The Bertz CT molecular complexity index is 1490. The lowest BCUT2D eigenvalue weighted by Gasteiger charge is -2.45. The molecule has 16 heteroatoms. The summed E-state index contributed by atoms with van der Waals surface area (Å²) >= 11 is 0. The maximum atomic E-state index is 12.5. The van der Waals surface area contributed by atoms with E-state index in [-0.39, 0.29) is 11.9 Å². The largest absolute Gasteiger partial charge is 0.462 e. The highest BCUT2D eigenvalue weighted by Crippen LogP contribution is 2.78. The molecule has 2 bridgehead atoms. The molecule has 0 aliphatic carbocycles. The molecule has 6 rings (SSSR count). The zero-order valence-electron chi connectivity index (χ0n) is 26.5. The van der Waals surface area contributed by atoms with Crippen molar-refractivity contribution in [2.45, 2.75) is 52.4 Å². The lowest BCUT2D eigenvalue weighted by Crippen LogP contribution is -2.38. The van der Waals surface area contributed by atoms with E-state index in [1.807, 2.05) is 13.8 Å². The second kappa shape index (κ2) is 14.7. The van der Waals surface area contributed by atoms with Crippen molar-refractivity contribution >= 4 is 34.6 Å². The fraction of sp³-hybridized carbons (Fsp3) is 0.533. The van der Waals surface area contributed by atoms with Gasteiger partial charge in [-0.15, -0.1) is 9.03 Å². The summed E-state index contributed by atoms with van der Waals surface area (Å²) in [6.45, 7) is 9.75. The number of carbonyl (C=O) groups is 2. The van der Waals surface area contributed by atoms with E-state index in [0.717, 1.165) is 77.8 Å². The summed E-state index contributed by atoms with van der Waals surface area (Å²) in [4.78, 5) is 25.0. The van der Waals surface area contributed by atoms with Gasteiger partial charge in [0.2, 0.25) is 15.0 Å². The van der Waals surface area contributed by atoms with Crippen LogP contribution in [0.1, 0.15) is 73.1 Å². The van der Waals surface area contributed by atoms with Crippen LogP contribution in [0.4, 0.5) is 0 Å². The molecule has 2 spiro atoms. The molecule has 2 fully saturated rings. The Morgan fingerprint density at radius 3 is 1.54 bits per heavy atom. The first-order chi connectivity index (χ1) is 22.4. The second-order valence-corrected chi connectivity index (χ2v) is 19.1. The molecule has 0 saturated carbocycles. The predicted molar refractivity (Wildman–Crippen MR) is 181 cm³/mol. The van der Waals surface area contributed by atoms with Crippen molar-refractivity contribution in [1.29, 1.82) is 0 Å². The standard InChI is InChI=1S/C30H44N7O6P3/c1-3-23-40-29(38)25-9-13-27(14-10-25)42-46(43-28-15-11-26(12-16-28)30(39)41-24-4-2)34-44-31-17-7-21-36(44)19-5-6-20-37-22-8-18-32-45(37,33-44)35-46/h9-16,31-32H,3-8,17-24H2,1-2H3/t44-,45+. The maximum Gasteiger partial charge on any atom is 0.454 e. The van der Waals surface area contributed by atoms with Crippen LogP contribution in [0.5, 0.6) is 11.5 Å². The van der Waals surface area contributed by atoms with Gasteiger partial charge in [0, 0.05) is 39.3 Å². The van der Waals surface area contributed by atoms with E-state index in [9.17, 15) is 9.59 Å². The first kappa shape index (κ1) is 33.4. The van der Waals surface area contributed by atoms with Crippen LogP contribution in [-0.2, 0) is 9.47 Å². The molecule has 250 valence electrons. The monoisotopic (exact) mass is 691 g/mol. The van der Waals surface area contributed by atoms with Gasteiger partial charge in [0.1, 0.15) is 11.5 Å². The molecule has 2 aromatic carbocycles. The number of esters is 2. The van der Waals surface area contributed by atoms with Crippen molar-refractivity contribution in [3.05, 3.63) is 59.7 Å². The van der Waals surface area contributed by atoms with E-state index in [1.54, 1.807) is 48.5 Å². The fourth-order valence-corrected chi connectivity index (χ4v) is 18.2. The summed E-state index contributed by atoms with van der Waals surface area (Å²) in [5.74, 6) is 0.199. The van der Waals surface area contributed by atoms with Gasteiger partial charge >= 0.3 is 19.6 Å². The quantitative estimate of drug-likeness (QED) is 0.190. The normalized spacial score (nSPS) is 25.8. The van der Waals surface area contributed by atoms with Crippen LogP contribution < -0.4 is 19.2 Å². The minimum absolute atomic E-state index is 0.362. The second-order valence-electron chi connectivity index (χ2n) is 11.5. The Hall–Kier alpha value is -2.49. The molecule has 13 nitrogen and oxygen atoms in total. The Balaban J connectivity index is 1.46. The van der Waals surface area contributed by atoms with Crippen LogP contribution in [0.15, 0.2) is 62.1 Å². The Morgan fingerprint density at radius 2 is 1.09 bits per heavy atom. The van der Waals surface area contributed by atoms with Gasteiger partial charge in [0.25, 0.3) is 0 Å². The Kier molecular flexibility index (Phi) is 10.7. The maximum absolute atomic E-state index is 12.5. The molecule has 0 unspecified atom stereocenters. The van der Waals surface area contributed by atoms with Crippen molar-refractivity contribution in [1.82, 2.24) is 19.5 Å². The van der Waals surface area contributed by atoms with Gasteiger partial charge in [-0.1, -0.05) is 13.8 Å². The van der Waals surface area contributed by atoms with E-state index >= 15 is 0 Å². The molecule has 0 radical (unpaired) electrons. The molecular weight excluding hydrogens is 647 g/mol. The summed E-state index contributed by atoms with van der Waals surface area (Å²) in [6, 6.07) is 13.7. The van der Waals surface area contributed by atoms with Gasteiger partial charge in [-0.2, -0.15) is 4.52 Å². The van der Waals surface area contributed by atoms with Crippen molar-refractivity contribution < 1.29 is 28.1 Å². The van der Waals surface area contributed by atoms with Gasteiger partial charge in [-0.05, 0) is 87.1 Å². The van der Waals surface area contributed by atoms with E-state index in [2.05, 4.69) is 19.5 Å².